The molecule has 0 fully saturated rings. The molecule has 0 atom stereocenters. The Kier molecular flexibility index (Phi) is 19.2. The van der Waals surface area contributed by atoms with Crippen LogP contribution >= 0.6 is 0 Å². The van der Waals surface area contributed by atoms with Crippen LogP contribution in [0.3, 0.4) is 0 Å². The predicted octanol–water partition coefficient (Wildman–Crippen LogP) is 10.7. The Labute approximate surface area is 413 Å². The van der Waals surface area contributed by atoms with Crippen LogP contribution in [0.1, 0.15) is 73.6 Å². The van der Waals surface area contributed by atoms with E-state index in [0.29, 0.717) is 11.8 Å². The summed E-state index contributed by atoms with van der Waals surface area (Å²) in [5.41, 5.74) is 22.4. The number of nitrogen functional groups attached to an aromatic ring is 1. The van der Waals surface area contributed by atoms with Crippen LogP contribution < -0.4 is 35.3 Å². The van der Waals surface area contributed by atoms with Gasteiger partial charge in [-0.25, -0.2) is 4.98 Å². The number of hydrogen-bond acceptors (Lipinski definition) is 6. The van der Waals surface area contributed by atoms with Crippen molar-refractivity contribution in [2.45, 2.75) is 46.0 Å². The summed E-state index contributed by atoms with van der Waals surface area (Å²) >= 11 is 0. The van der Waals surface area contributed by atoms with E-state index in [1.54, 1.807) is 12.1 Å². The molecule has 2 N–H and O–H groups in total. The SMILES string of the molecule is CC(C)c1ccccc1-n1c(-c2ccccc2)nc2cc(-c3ccccc3)ccc21.CC(C)c1ccccc1Cc1ccc(-c2ccccc2)cc1N.O=Cc1ccccc1.O=S(=O)=O.[H-].[Na+]. The van der Waals surface area contributed by atoms with Gasteiger partial charge in [0.2, 0.25) is 0 Å². The molecule has 66 heavy (non-hydrogen) atoms. The molecule has 0 aliphatic carbocycles. The molecule has 0 bridgehead atoms. The van der Waals surface area contributed by atoms with Crippen molar-refractivity contribution in [2.75, 3.05) is 5.73 Å². The molecule has 328 valence electrons. The number of carbonyl (C=O) groups excluding carboxylic acids is 1. The number of nitrogens with two attached hydrogens (primary N) is 1. The van der Waals surface area contributed by atoms with E-state index in [-0.39, 0.29) is 31.0 Å². The van der Waals surface area contributed by atoms with Crippen molar-refractivity contribution >= 4 is 33.6 Å². The van der Waals surface area contributed by atoms with Crippen LogP contribution in [0.25, 0.3) is 50.4 Å². The van der Waals surface area contributed by atoms with Gasteiger partial charge >= 0.3 is 40.2 Å². The Balaban J connectivity index is 0.000000234. The van der Waals surface area contributed by atoms with Crippen molar-refractivity contribution in [3.63, 3.8) is 0 Å². The Morgan fingerprint density at radius 2 is 0.985 bits per heavy atom. The minimum atomic E-state index is -3.11. The number of nitrogens with zero attached hydrogens (tertiary/aromatic N) is 2. The van der Waals surface area contributed by atoms with Crippen molar-refractivity contribution in [1.29, 1.82) is 0 Å². The zero-order valence-electron chi connectivity index (χ0n) is 39.1. The molecule has 0 saturated heterocycles. The maximum atomic E-state index is 10.0. The normalized spacial score (nSPS) is 10.3. The van der Waals surface area contributed by atoms with Gasteiger partial charge in [0.15, 0.2) is 0 Å². The Bertz CT molecular complexity index is 3050. The van der Waals surface area contributed by atoms with Gasteiger partial charge in [-0.2, -0.15) is 0 Å². The number of aldehydes is 1. The van der Waals surface area contributed by atoms with Crippen molar-refractivity contribution in [3.05, 3.63) is 234 Å². The van der Waals surface area contributed by atoms with Crippen LogP contribution in [-0.2, 0) is 17.0 Å². The van der Waals surface area contributed by atoms with Crippen LogP contribution in [-0.4, -0.2) is 28.5 Å². The van der Waals surface area contributed by atoms with E-state index in [4.69, 9.17) is 23.3 Å². The fourth-order valence-corrected chi connectivity index (χ4v) is 7.66. The van der Waals surface area contributed by atoms with Crippen LogP contribution in [0.5, 0.6) is 0 Å². The molecule has 0 saturated carbocycles. The van der Waals surface area contributed by atoms with E-state index < -0.39 is 10.6 Å². The summed E-state index contributed by atoms with van der Waals surface area (Å²) in [5.74, 6) is 1.92. The van der Waals surface area contributed by atoms with Gasteiger partial charge in [-0.1, -0.05) is 210 Å². The van der Waals surface area contributed by atoms with E-state index in [2.05, 4.69) is 190 Å². The number of rotatable bonds is 9. The Morgan fingerprint density at radius 1 is 0.530 bits per heavy atom. The van der Waals surface area contributed by atoms with E-state index in [0.717, 1.165) is 46.4 Å². The average molecular weight is 900 g/mol. The van der Waals surface area contributed by atoms with Crippen molar-refractivity contribution < 1.29 is 48.4 Å². The number of para-hydroxylation sites is 1. The monoisotopic (exact) mass is 899 g/mol. The first-order chi connectivity index (χ1) is 31.5. The molecule has 0 radical (unpaired) electrons. The fraction of sp³-hybridized carbons (Fsp3) is 0.123. The number of imidazole rings is 1. The minimum Gasteiger partial charge on any atom is -1.00 e. The van der Waals surface area contributed by atoms with Gasteiger partial charge in [-0.15, -0.1) is 12.6 Å². The Hall–Kier alpha value is -6.68. The molecule has 8 aromatic carbocycles. The van der Waals surface area contributed by atoms with Crippen LogP contribution in [0.2, 0.25) is 0 Å². The molecule has 9 aromatic rings. The van der Waals surface area contributed by atoms with Gasteiger partial charge in [-0.05, 0) is 87.0 Å². The Morgan fingerprint density at radius 3 is 1.50 bits per heavy atom. The molecular weight excluding hydrogens is 846 g/mol. The third kappa shape index (κ3) is 13.7. The van der Waals surface area contributed by atoms with E-state index in [1.807, 2.05) is 36.4 Å². The first kappa shape index (κ1) is 50.3. The molecule has 0 aliphatic heterocycles. The number of anilines is 1. The zero-order valence-corrected chi connectivity index (χ0v) is 40.9. The minimum absolute atomic E-state index is 0. The molecule has 0 unspecified atom stereocenters. The van der Waals surface area contributed by atoms with Gasteiger partial charge in [-0.3, -0.25) is 9.36 Å². The van der Waals surface area contributed by atoms with Gasteiger partial charge < -0.3 is 7.16 Å². The number of aromatic nitrogens is 2. The summed E-state index contributed by atoms with van der Waals surface area (Å²) in [5, 5.41) is 0. The molecule has 7 nitrogen and oxygen atoms in total. The smallest absolute Gasteiger partial charge is 1.00 e. The molecule has 1 heterocycles. The number of carbonyl (C=O) groups is 1. The van der Waals surface area contributed by atoms with Crippen molar-refractivity contribution in [2.24, 2.45) is 0 Å². The quantitative estimate of drug-likeness (QED) is 0.0877. The zero-order chi connectivity index (χ0) is 46.1. The molecular formula is C57H54N3NaO4S. The molecule has 1 aromatic heterocycles. The van der Waals surface area contributed by atoms with Crippen LogP contribution in [0.15, 0.2) is 206 Å². The third-order valence-corrected chi connectivity index (χ3v) is 10.8. The van der Waals surface area contributed by atoms with E-state index in [1.165, 1.54) is 50.2 Å². The molecule has 0 spiro atoms. The second-order valence-electron chi connectivity index (χ2n) is 16.0. The summed E-state index contributed by atoms with van der Waals surface area (Å²) in [4.78, 5) is 15.1. The maximum Gasteiger partial charge on any atom is 1.00 e. The molecule has 0 amide bonds. The summed E-state index contributed by atoms with van der Waals surface area (Å²) < 4.78 is 27.6. The summed E-state index contributed by atoms with van der Waals surface area (Å²) in [7, 11) is -3.11. The molecule has 0 aliphatic rings. The first-order valence-electron chi connectivity index (χ1n) is 21.5. The van der Waals surface area contributed by atoms with Gasteiger partial charge in [0, 0.05) is 16.8 Å². The largest absolute Gasteiger partial charge is 1.00 e. The van der Waals surface area contributed by atoms with Gasteiger partial charge in [0.25, 0.3) is 0 Å². The second kappa shape index (κ2) is 25.1. The van der Waals surface area contributed by atoms with E-state index >= 15 is 0 Å². The summed E-state index contributed by atoms with van der Waals surface area (Å²) in [6, 6.07) is 70.7. The standard InChI is InChI=1S/C28H24N2.C22H23N.C7H6O.Na.O3S.H/c1-20(2)24-15-9-10-16-26(24)30-27-18-17-23(21-11-5-3-6-12-21)19-25(27)29-28(30)22-13-7-4-8-14-22;1-16(2)21-11-7-6-10-19(21)14-20-13-12-18(15-22(20)23)17-8-4-3-5-9-17;8-6-7-4-2-1-3-5-7;;1-4(2)3;/h3-20H,1-2H3;3-13,15-16H,14,23H2,1-2H3;1-6H;;;/q;;;+1;;-1. The third-order valence-electron chi connectivity index (χ3n) is 10.8. The van der Waals surface area contributed by atoms with Crippen LogP contribution in [0.4, 0.5) is 5.69 Å². The van der Waals surface area contributed by atoms with Crippen molar-refractivity contribution in [1.82, 2.24) is 9.55 Å². The van der Waals surface area contributed by atoms with E-state index in [9.17, 15) is 4.79 Å². The maximum absolute atomic E-state index is 10.0. The second-order valence-corrected chi connectivity index (χ2v) is 16.4. The molecule has 9 rings (SSSR count). The first-order valence-corrected chi connectivity index (χ1v) is 22.5. The van der Waals surface area contributed by atoms with Crippen molar-refractivity contribution in [3.8, 4) is 39.3 Å². The number of benzene rings is 8. The van der Waals surface area contributed by atoms with Gasteiger partial charge in [0.1, 0.15) is 12.1 Å². The van der Waals surface area contributed by atoms with Crippen LogP contribution in [0, 0.1) is 0 Å². The predicted molar refractivity (Wildman–Crippen MR) is 268 cm³/mol. The average Bonchev–Trinajstić information content (AvgIpc) is 3.72. The summed E-state index contributed by atoms with van der Waals surface area (Å²) in [6.45, 7) is 8.96. The van der Waals surface area contributed by atoms with Gasteiger partial charge in [0.05, 0.1) is 16.7 Å². The number of fused-ring (bicyclic) bond motifs is 1. The topological polar surface area (TPSA) is 112 Å². The molecule has 9 heteroatoms. The number of hydrogen-bond donors (Lipinski definition) is 1. The summed E-state index contributed by atoms with van der Waals surface area (Å²) in [6.07, 6.45) is 1.72. The fourth-order valence-electron chi connectivity index (χ4n) is 7.66.